The first-order valence-electron chi connectivity index (χ1n) is 9.90. The summed E-state index contributed by atoms with van der Waals surface area (Å²) in [5.74, 6) is 1.59. The maximum absolute atomic E-state index is 12.7. The van der Waals surface area contributed by atoms with Crippen molar-refractivity contribution >= 4 is 5.91 Å². The van der Waals surface area contributed by atoms with E-state index in [1.54, 1.807) is 10.9 Å². The third kappa shape index (κ3) is 4.74. The molecule has 1 aliphatic heterocycles. The number of hydrogen-bond donors (Lipinski definition) is 1. The molecule has 0 radical (unpaired) electrons. The normalized spacial score (nSPS) is 16.6. The molecule has 3 heterocycles. The standard InChI is InChI=1S/C18H29N7O3/c1-5-27-15(28-6-2)11-24-10-14(21-23-24)18(26)19-13-8-7-9-25-17(13)20-16(22-25)12(3)4/h10,12-13,15H,5-9,11H2,1-4H3,(H,19,26)/t13-/m0/s1. The molecule has 10 nitrogen and oxygen atoms in total. The minimum atomic E-state index is -0.418. The quantitative estimate of drug-likeness (QED) is 0.647. The van der Waals surface area contributed by atoms with Gasteiger partial charge in [-0.05, 0) is 26.7 Å². The summed E-state index contributed by atoms with van der Waals surface area (Å²) in [5.41, 5.74) is 0.257. The van der Waals surface area contributed by atoms with Crippen molar-refractivity contribution in [3.05, 3.63) is 23.5 Å². The molecule has 28 heavy (non-hydrogen) atoms. The highest BCUT2D eigenvalue weighted by molar-refractivity contribution is 5.92. The summed E-state index contributed by atoms with van der Waals surface area (Å²) in [6.45, 7) is 10.2. The molecule has 154 valence electrons. The van der Waals surface area contributed by atoms with Crippen molar-refractivity contribution in [2.75, 3.05) is 13.2 Å². The molecule has 1 atom stereocenters. The lowest BCUT2D eigenvalue weighted by Crippen LogP contribution is -2.33. The number of hydrogen-bond acceptors (Lipinski definition) is 7. The van der Waals surface area contributed by atoms with Crippen molar-refractivity contribution in [2.45, 2.75) is 71.9 Å². The zero-order valence-electron chi connectivity index (χ0n) is 17.0. The Morgan fingerprint density at radius 3 is 2.75 bits per heavy atom. The summed E-state index contributed by atoms with van der Waals surface area (Å²) in [6.07, 6.45) is 2.95. The number of aryl methyl sites for hydroxylation is 1. The number of nitrogens with zero attached hydrogens (tertiary/aromatic N) is 6. The monoisotopic (exact) mass is 391 g/mol. The molecule has 0 aromatic carbocycles. The molecule has 0 spiro atoms. The van der Waals surface area contributed by atoms with Crippen LogP contribution in [0.1, 0.15) is 74.6 Å². The third-order valence-electron chi connectivity index (χ3n) is 4.53. The lowest BCUT2D eigenvalue weighted by atomic mass is 10.1. The Morgan fingerprint density at radius 1 is 1.32 bits per heavy atom. The Hall–Kier alpha value is -2.33. The number of carbonyl (C=O) groups excluding carboxylic acids is 1. The second kappa shape index (κ2) is 9.24. The van der Waals surface area contributed by atoms with E-state index in [4.69, 9.17) is 9.47 Å². The number of ether oxygens (including phenoxy) is 2. The van der Waals surface area contributed by atoms with Crippen molar-refractivity contribution in [3.8, 4) is 0 Å². The first-order valence-corrected chi connectivity index (χ1v) is 9.90. The first kappa shape index (κ1) is 20.4. The van der Waals surface area contributed by atoms with Crippen LogP contribution < -0.4 is 5.32 Å². The van der Waals surface area contributed by atoms with Gasteiger partial charge in [-0.15, -0.1) is 5.10 Å². The van der Waals surface area contributed by atoms with Crippen LogP contribution in [0.5, 0.6) is 0 Å². The van der Waals surface area contributed by atoms with E-state index in [1.807, 2.05) is 18.5 Å². The van der Waals surface area contributed by atoms with Crippen LogP contribution in [0.4, 0.5) is 0 Å². The van der Waals surface area contributed by atoms with Crippen LogP contribution in [0.15, 0.2) is 6.20 Å². The number of aromatic nitrogens is 6. The van der Waals surface area contributed by atoms with E-state index < -0.39 is 6.29 Å². The van der Waals surface area contributed by atoms with Crippen LogP contribution in [0.3, 0.4) is 0 Å². The van der Waals surface area contributed by atoms with Crippen molar-refractivity contribution < 1.29 is 14.3 Å². The summed E-state index contributed by atoms with van der Waals surface area (Å²) in [7, 11) is 0. The molecule has 0 aliphatic carbocycles. The van der Waals surface area contributed by atoms with E-state index >= 15 is 0 Å². The average Bonchev–Trinajstić information content (AvgIpc) is 3.29. The Kier molecular flexibility index (Phi) is 6.74. The minimum absolute atomic E-state index is 0.175. The van der Waals surface area contributed by atoms with Gasteiger partial charge < -0.3 is 14.8 Å². The summed E-state index contributed by atoms with van der Waals surface area (Å²) in [5, 5.41) is 15.6. The first-order chi connectivity index (χ1) is 13.5. The highest BCUT2D eigenvalue weighted by Crippen LogP contribution is 2.25. The van der Waals surface area contributed by atoms with Gasteiger partial charge >= 0.3 is 0 Å². The molecule has 10 heteroatoms. The average molecular weight is 391 g/mol. The molecule has 0 saturated carbocycles. The molecule has 1 amide bonds. The molecule has 3 rings (SSSR count). The summed E-state index contributed by atoms with van der Waals surface area (Å²) >= 11 is 0. The van der Waals surface area contributed by atoms with Gasteiger partial charge in [0.25, 0.3) is 5.91 Å². The second-order valence-corrected chi connectivity index (χ2v) is 7.04. The molecule has 1 aliphatic rings. The smallest absolute Gasteiger partial charge is 0.274 e. The summed E-state index contributed by atoms with van der Waals surface area (Å²) in [4.78, 5) is 17.3. The van der Waals surface area contributed by atoms with E-state index in [2.05, 4.69) is 39.6 Å². The molecule has 0 unspecified atom stereocenters. The molecular weight excluding hydrogens is 362 g/mol. The maximum Gasteiger partial charge on any atom is 0.274 e. The van der Waals surface area contributed by atoms with E-state index in [9.17, 15) is 4.79 Å². The highest BCUT2D eigenvalue weighted by atomic mass is 16.7. The van der Waals surface area contributed by atoms with Gasteiger partial charge in [0.2, 0.25) is 0 Å². The molecule has 2 aromatic rings. The minimum Gasteiger partial charge on any atom is -0.351 e. The van der Waals surface area contributed by atoms with Crippen molar-refractivity contribution in [1.29, 1.82) is 0 Å². The van der Waals surface area contributed by atoms with Gasteiger partial charge in [0.05, 0.1) is 18.8 Å². The van der Waals surface area contributed by atoms with Crippen LogP contribution >= 0.6 is 0 Å². The summed E-state index contributed by atoms with van der Waals surface area (Å²) in [6, 6.07) is -0.175. The molecule has 2 aromatic heterocycles. The number of fused-ring (bicyclic) bond motifs is 1. The van der Waals surface area contributed by atoms with Crippen LogP contribution in [0.25, 0.3) is 0 Å². The van der Waals surface area contributed by atoms with Crippen LogP contribution in [0, 0.1) is 0 Å². The Morgan fingerprint density at radius 2 is 2.07 bits per heavy atom. The molecular formula is C18H29N7O3. The van der Waals surface area contributed by atoms with Gasteiger partial charge in [0, 0.05) is 25.7 Å². The van der Waals surface area contributed by atoms with E-state index in [0.717, 1.165) is 31.0 Å². The Bertz CT molecular complexity index is 780. The third-order valence-corrected chi connectivity index (χ3v) is 4.53. The second-order valence-electron chi connectivity index (χ2n) is 7.04. The van der Waals surface area contributed by atoms with Crippen LogP contribution in [-0.2, 0) is 22.6 Å². The lowest BCUT2D eigenvalue weighted by Gasteiger charge is -2.22. The fraction of sp³-hybridized carbons (Fsp3) is 0.722. The Labute approximate surface area is 164 Å². The van der Waals surface area contributed by atoms with Crippen molar-refractivity contribution in [1.82, 2.24) is 35.1 Å². The topological polar surface area (TPSA) is 109 Å². The predicted octanol–water partition coefficient (Wildman–Crippen LogP) is 1.66. The van der Waals surface area contributed by atoms with Crippen LogP contribution in [-0.4, -0.2) is 55.2 Å². The SMILES string of the molecule is CCOC(Cn1cc(C(=O)N[C@H]2CCCn3nc(C(C)C)nc32)nn1)OCC. The number of carbonyl (C=O) groups is 1. The highest BCUT2D eigenvalue weighted by Gasteiger charge is 2.27. The van der Waals surface area contributed by atoms with E-state index in [1.165, 1.54) is 0 Å². The van der Waals surface area contributed by atoms with Crippen molar-refractivity contribution in [2.24, 2.45) is 0 Å². The fourth-order valence-corrected chi connectivity index (χ4v) is 3.15. The van der Waals surface area contributed by atoms with Gasteiger partial charge in [-0.25, -0.2) is 14.3 Å². The fourth-order valence-electron chi connectivity index (χ4n) is 3.15. The van der Waals surface area contributed by atoms with E-state index in [0.29, 0.717) is 19.8 Å². The van der Waals surface area contributed by atoms with Gasteiger partial charge in [-0.2, -0.15) is 5.10 Å². The summed E-state index contributed by atoms with van der Waals surface area (Å²) < 4.78 is 14.5. The van der Waals surface area contributed by atoms with Crippen LogP contribution in [0.2, 0.25) is 0 Å². The van der Waals surface area contributed by atoms with E-state index in [-0.39, 0.29) is 23.6 Å². The van der Waals surface area contributed by atoms with Crippen molar-refractivity contribution in [3.63, 3.8) is 0 Å². The largest absolute Gasteiger partial charge is 0.351 e. The number of amides is 1. The van der Waals surface area contributed by atoms with Gasteiger partial charge in [0.1, 0.15) is 5.82 Å². The maximum atomic E-state index is 12.7. The predicted molar refractivity (Wildman–Crippen MR) is 101 cm³/mol. The van der Waals surface area contributed by atoms with Gasteiger partial charge in [0.15, 0.2) is 17.8 Å². The lowest BCUT2D eigenvalue weighted by molar-refractivity contribution is -0.145. The zero-order valence-corrected chi connectivity index (χ0v) is 17.0. The van der Waals surface area contributed by atoms with Gasteiger partial charge in [-0.3, -0.25) is 4.79 Å². The number of rotatable bonds is 9. The molecule has 0 bridgehead atoms. The zero-order chi connectivity index (χ0) is 20.1. The number of nitrogens with one attached hydrogen (secondary N) is 1. The van der Waals surface area contributed by atoms with Gasteiger partial charge in [-0.1, -0.05) is 19.1 Å². The molecule has 0 fully saturated rings. The molecule has 0 saturated heterocycles. The molecule has 1 N–H and O–H groups in total. The Balaban J connectivity index is 1.65.